The first-order valence-electron chi connectivity index (χ1n) is 11.5. The molecule has 3 rings (SSSR count). The van der Waals surface area contributed by atoms with E-state index in [4.69, 9.17) is 38.4 Å². The monoisotopic (exact) mass is 556 g/mol. The van der Waals surface area contributed by atoms with Gasteiger partial charge >= 0.3 is 0 Å². The van der Waals surface area contributed by atoms with Crippen molar-refractivity contribution in [2.45, 2.75) is 51.8 Å². The molecule has 0 saturated carbocycles. The summed E-state index contributed by atoms with van der Waals surface area (Å²) < 4.78 is 42.9. The molecule has 2 aromatic heterocycles. The van der Waals surface area contributed by atoms with Gasteiger partial charge < -0.3 is 29.8 Å². The van der Waals surface area contributed by atoms with Crippen LogP contribution in [0.5, 0.6) is 11.5 Å². The fraction of sp³-hybridized carbons (Fsp3) is 0.417. The van der Waals surface area contributed by atoms with Crippen molar-refractivity contribution in [1.82, 2.24) is 14.9 Å². The minimum Gasteiger partial charge on any atom is -0.450 e. The number of fused-ring (bicyclic) bond motifs is 1. The number of nitrogens with one attached hydrogen (secondary N) is 2. The summed E-state index contributed by atoms with van der Waals surface area (Å²) in [6.07, 6.45) is 3.62. The van der Waals surface area contributed by atoms with E-state index in [1.54, 1.807) is 10.8 Å². The Morgan fingerprint density at radius 2 is 1.97 bits per heavy atom. The molecule has 36 heavy (non-hydrogen) atoms. The van der Waals surface area contributed by atoms with Crippen molar-refractivity contribution >= 4 is 53.7 Å². The average Bonchev–Trinajstić information content (AvgIpc) is 3.09. The number of rotatable bonds is 11. The van der Waals surface area contributed by atoms with Crippen molar-refractivity contribution in [2.75, 3.05) is 18.5 Å². The van der Waals surface area contributed by atoms with Gasteiger partial charge in [-0.2, -0.15) is 0 Å². The van der Waals surface area contributed by atoms with Crippen LogP contribution in [0.2, 0.25) is 30.7 Å². The zero-order valence-corrected chi connectivity index (χ0v) is 23.3. The molecule has 0 aliphatic rings. The quantitative estimate of drug-likeness (QED) is 0.149. The third-order valence-electron chi connectivity index (χ3n) is 5.31. The number of aliphatic hydroxyl groups excluding tert-OH is 1. The summed E-state index contributed by atoms with van der Waals surface area (Å²) in [4.78, 5) is 4.35. The second-order valence-electron chi connectivity index (χ2n) is 9.69. The number of thiocarbonyl (C=S) groups is 1. The number of hydrogen-bond donors (Lipinski definition) is 3. The lowest BCUT2D eigenvalue weighted by molar-refractivity contribution is 0.0899. The highest BCUT2D eigenvalue weighted by molar-refractivity contribution is 7.80. The lowest BCUT2D eigenvalue weighted by Gasteiger charge is -2.17. The van der Waals surface area contributed by atoms with Gasteiger partial charge in [-0.05, 0) is 37.7 Å². The fourth-order valence-electron chi connectivity index (χ4n) is 3.36. The molecule has 1 atom stereocenters. The van der Waals surface area contributed by atoms with Gasteiger partial charge in [0.25, 0.3) is 0 Å². The smallest absolute Gasteiger partial charge is 0.198 e. The predicted molar refractivity (Wildman–Crippen MR) is 146 cm³/mol. The number of hydrogen-bond acceptors (Lipinski definition) is 5. The van der Waals surface area contributed by atoms with Gasteiger partial charge in [-0.25, -0.2) is 13.8 Å². The van der Waals surface area contributed by atoms with Crippen molar-refractivity contribution in [1.29, 1.82) is 0 Å². The Hall–Kier alpha value is -2.31. The Labute approximate surface area is 220 Å². The SMILES string of the molecule is C[C@H](CCO)NC(=S)Nc1cc(F)c(Oc2ccnc3c2c(Cl)cn3COCC[Si](C)(C)C)c(F)c1. The highest BCUT2D eigenvalue weighted by Gasteiger charge is 2.19. The summed E-state index contributed by atoms with van der Waals surface area (Å²) in [5.41, 5.74) is 0.601. The summed E-state index contributed by atoms with van der Waals surface area (Å²) in [6.45, 7) is 9.51. The van der Waals surface area contributed by atoms with Crippen LogP contribution >= 0.6 is 23.8 Å². The van der Waals surface area contributed by atoms with Crippen molar-refractivity contribution in [2.24, 2.45) is 0 Å². The van der Waals surface area contributed by atoms with E-state index in [2.05, 4.69) is 35.3 Å². The number of pyridine rings is 1. The number of benzene rings is 1. The van der Waals surface area contributed by atoms with E-state index < -0.39 is 25.5 Å². The van der Waals surface area contributed by atoms with Gasteiger partial charge in [-0.15, -0.1) is 0 Å². The third-order valence-corrected chi connectivity index (χ3v) is 7.52. The second kappa shape index (κ2) is 12.3. The molecule has 0 bridgehead atoms. The minimum atomic E-state index is -1.22. The lowest BCUT2D eigenvalue weighted by Crippen LogP contribution is -2.36. The maximum atomic E-state index is 14.9. The lowest BCUT2D eigenvalue weighted by atomic mass is 10.2. The molecule has 0 amide bonds. The summed E-state index contributed by atoms with van der Waals surface area (Å²) >= 11 is 11.6. The van der Waals surface area contributed by atoms with Crippen LogP contribution in [0.4, 0.5) is 14.5 Å². The van der Waals surface area contributed by atoms with Crippen LogP contribution < -0.4 is 15.4 Å². The normalized spacial score (nSPS) is 12.6. The molecule has 0 radical (unpaired) electrons. The Bertz CT molecular complexity index is 1200. The largest absolute Gasteiger partial charge is 0.450 e. The minimum absolute atomic E-state index is 0.00658. The summed E-state index contributed by atoms with van der Waals surface area (Å²) in [7, 11) is -1.22. The van der Waals surface area contributed by atoms with Crippen LogP contribution in [0.3, 0.4) is 0 Å². The Kier molecular flexibility index (Phi) is 9.64. The van der Waals surface area contributed by atoms with Crippen LogP contribution in [-0.2, 0) is 11.5 Å². The molecule has 0 aliphatic heterocycles. The standard InChI is InChI=1S/C24H31ClF2N4O3SSi/c1-15(6-8-32)29-24(35)30-16-11-18(26)22(19(27)12-16)34-20-5-7-28-23-21(20)17(25)13-31(23)14-33-9-10-36(2,3)4/h5,7,11-13,15,32H,6,8-10,14H2,1-4H3,(H2,29,30,35)/t15-/m1/s1. The van der Waals surface area contributed by atoms with E-state index in [9.17, 15) is 8.78 Å². The van der Waals surface area contributed by atoms with E-state index in [1.165, 1.54) is 12.3 Å². The number of aromatic nitrogens is 2. The first-order valence-corrected chi connectivity index (χ1v) is 16.0. The summed E-state index contributed by atoms with van der Waals surface area (Å²) in [5, 5.41) is 15.6. The molecule has 0 spiro atoms. The number of aliphatic hydroxyl groups is 1. The maximum absolute atomic E-state index is 14.9. The van der Waals surface area contributed by atoms with Crippen molar-refractivity contribution in [3.63, 3.8) is 0 Å². The van der Waals surface area contributed by atoms with Gasteiger partial charge in [0.1, 0.15) is 18.1 Å². The molecule has 0 fully saturated rings. The Balaban J connectivity index is 1.77. The molecule has 3 N–H and O–H groups in total. The molecule has 0 aliphatic carbocycles. The molecule has 12 heteroatoms. The van der Waals surface area contributed by atoms with Gasteiger partial charge in [0.05, 0.1) is 10.4 Å². The van der Waals surface area contributed by atoms with E-state index >= 15 is 0 Å². The number of nitrogens with zero attached hydrogens (tertiary/aromatic N) is 2. The topological polar surface area (TPSA) is 80.6 Å². The number of halogens is 3. The number of anilines is 1. The van der Waals surface area contributed by atoms with Crippen molar-refractivity contribution < 1.29 is 23.4 Å². The molecular weight excluding hydrogens is 526 g/mol. The van der Waals surface area contributed by atoms with Gasteiger partial charge in [0.15, 0.2) is 22.5 Å². The fourth-order valence-corrected chi connectivity index (χ4v) is 4.73. The summed E-state index contributed by atoms with van der Waals surface area (Å²) in [5.74, 6) is -2.24. The predicted octanol–water partition coefficient (Wildman–Crippen LogP) is 6.13. The van der Waals surface area contributed by atoms with Gasteiger partial charge in [-0.3, -0.25) is 0 Å². The highest BCUT2D eigenvalue weighted by Crippen LogP contribution is 2.37. The summed E-state index contributed by atoms with van der Waals surface area (Å²) in [6, 6.07) is 4.58. The zero-order chi connectivity index (χ0) is 26.5. The van der Waals surface area contributed by atoms with Gasteiger partial charge in [0, 0.05) is 57.5 Å². The zero-order valence-electron chi connectivity index (χ0n) is 20.7. The molecule has 0 saturated heterocycles. The van der Waals surface area contributed by atoms with Gasteiger partial charge in [-0.1, -0.05) is 31.2 Å². The average molecular weight is 557 g/mol. The number of ether oxygens (including phenoxy) is 2. The molecular formula is C24H31ClF2N4O3SSi. The second-order valence-corrected chi connectivity index (χ2v) is 16.1. The Morgan fingerprint density at radius 3 is 2.61 bits per heavy atom. The van der Waals surface area contributed by atoms with E-state index in [1.807, 2.05) is 6.92 Å². The van der Waals surface area contributed by atoms with E-state index in [0.29, 0.717) is 29.1 Å². The molecule has 7 nitrogen and oxygen atoms in total. The molecule has 0 unspecified atom stereocenters. The van der Waals surface area contributed by atoms with Crippen molar-refractivity contribution in [3.8, 4) is 11.5 Å². The first kappa shape index (κ1) is 28.3. The van der Waals surface area contributed by atoms with E-state index in [0.717, 1.165) is 18.2 Å². The maximum Gasteiger partial charge on any atom is 0.198 e. The Morgan fingerprint density at radius 1 is 1.28 bits per heavy atom. The van der Waals surface area contributed by atoms with Crippen molar-refractivity contribution in [3.05, 3.63) is 47.2 Å². The molecule has 196 valence electrons. The van der Waals surface area contributed by atoms with E-state index in [-0.39, 0.29) is 35.9 Å². The van der Waals surface area contributed by atoms with Crippen LogP contribution in [0.15, 0.2) is 30.6 Å². The molecule has 1 aromatic carbocycles. The third kappa shape index (κ3) is 7.59. The highest BCUT2D eigenvalue weighted by atomic mass is 35.5. The van der Waals surface area contributed by atoms with Gasteiger partial charge in [0.2, 0.25) is 0 Å². The molecule has 2 heterocycles. The van der Waals surface area contributed by atoms with Crippen LogP contribution in [0.25, 0.3) is 11.0 Å². The molecule has 3 aromatic rings. The first-order chi connectivity index (χ1) is 17.0. The van der Waals surface area contributed by atoms with Crippen LogP contribution in [0, 0.1) is 11.6 Å². The van der Waals surface area contributed by atoms with Crippen LogP contribution in [-0.4, -0.2) is 47.1 Å². The van der Waals surface area contributed by atoms with Crippen LogP contribution in [0.1, 0.15) is 13.3 Å².